The highest BCUT2D eigenvalue weighted by molar-refractivity contribution is 6.17. The van der Waals surface area contributed by atoms with Gasteiger partial charge in [-0.3, -0.25) is 0 Å². The third-order valence-electron chi connectivity index (χ3n) is 13.7. The van der Waals surface area contributed by atoms with E-state index >= 15 is 0 Å². The van der Waals surface area contributed by atoms with Crippen LogP contribution in [-0.4, -0.2) is 9.13 Å². The summed E-state index contributed by atoms with van der Waals surface area (Å²) in [5, 5.41) is 4.89. The summed E-state index contributed by atoms with van der Waals surface area (Å²) in [4.78, 5) is 2.43. The third-order valence-corrected chi connectivity index (χ3v) is 13.7. The van der Waals surface area contributed by atoms with Crippen molar-refractivity contribution in [2.24, 2.45) is 0 Å². The van der Waals surface area contributed by atoms with E-state index in [1.54, 1.807) is 0 Å². The lowest BCUT2D eigenvalue weighted by molar-refractivity contribution is 1.18. The van der Waals surface area contributed by atoms with E-state index in [4.69, 9.17) is 0 Å². The average Bonchev–Trinajstić information content (AvgIpc) is 3.96. The van der Waals surface area contributed by atoms with E-state index in [2.05, 4.69) is 287 Å². The number of anilines is 3. The molecule has 0 amide bonds. The van der Waals surface area contributed by atoms with Gasteiger partial charge in [0.15, 0.2) is 0 Å². The zero-order valence-corrected chi connectivity index (χ0v) is 37.8. The number of benzene rings is 11. The molecule has 0 unspecified atom stereocenters. The molecule has 0 bridgehead atoms. The van der Waals surface area contributed by atoms with Crippen LogP contribution in [0.4, 0.5) is 17.1 Å². The second-order valence-electron chi connectivity index (χ2n) is 17.7. The molecule has 3 heteroatoms. The minimum absolute atomic E-state index is 1.06. The fourth-order valence-corrected chi connectivity index (χ4v) is 10.6. The summed E-state index contributed by atoms with van der Waals surface area (Å²) in [5.74, 6) is 0. The Hall–Kier alpha value is -9.18. The van der Waals surface area contributed by atoms with Gasteiger partial charge in [0.25, 0.3) is 0 Å². The summed E-state index contributed by atoms with van der Waals surface area (Å²) in [6, 6.07) is 99.3. The lowest BCUT2D eigenvalue weighted by Crippen LogP contribution is -2.10. The van der Waals surface area contributed by atoms with Crippen LogP contribution in [0.2, 0.25) is 0 Å². The Morgan fingerprint density at radius 1 is 0.246 bits per heavy atom. The Balaban J connectivity index is 1.10. The molecule has 0 aliphatic carbocycles. The van der Waals surface area contributed by atoms with Crippen LogP contribution in [0.25, 0.3) is 99.5 Å². The zero-order chi connectivity index (χ0) is 45.7. The molecule has 0 saturated heterocycles. The van der Waals surface area contributed by atoms with E-state index in [0.717, 1.165) is 45.1 Å². The van der Waals surface area contributed by atoms with Gasteiger partial charge in [-0.15, -0.1) is 0 Å². The lowest BCUT2D eigenvalue weighted by atomic mass is 9.93. The number of fused-ring (bicyclic) bond motifs is 6. The first-order chi connectivity index (χ1) is 34.2. The molecule has 2 aromatic heterocycles. The highest BCUT2D eigenvalue weighted by Gasteiger charge is 2.22. The first-order valence-corrected chi connectivity index (χ1v) is 23.7. The predicted octanol–water partition coefficient (Wildman–Crippen LogP) is 18.0. The highest BCUT2D eigenvalue weighted by Crippen LogP contribution is 2.46. The van der Waals surface area contributed by atoms with Gasteiger partial charge in [0.1, 0.15) is 0 Å². The molecule has 3 nitrogen and oxygen atoms in total. The molecule has 69 heavy (non-hydrogen) atoms. The van der Waals surface area contributed by atoms with Gasteiger partial charge in [-0.05, 0) is 124 Å². The molecule has 0 atom stereocenters. The molecule has 2 heterocycles. The van der Waals surface area contributed by atoms with Crippen LogP contribution in [0.1, 0.15) is 0 Å². The monoisotopic (exact) mass is 879 g/mol. The predicted molar refractivity (Wildman–Crippen MR) is 292 cm³/mol. The number of nitrogens with zero attached hydrogens (tertiary/aromatic N) is 3. The van der Waals surface area contributed by atoms with Gasteiger partial charge in [-0.1, -0.05) is 188 Å². The standard InChI is InChI=1S/C66H45N3/c1-5-19-46(20-6-1)48-35-39-54(40-36-48)67(55-41-37-49(38-42-55)47-21-7-2-8-22-47)56-44-50(57-29-18-34-64-65(57)61-28-14-16-33-63(61)68(64)52-23-9-3-10-24-52)43-51(45-56)58-30-17-31-60-59-27-13-15-32-62(59)69(66(58)60)53-25-11-4-12-26-53/h1-45H. The van der Waals surface area contributed by atoms with Crippen LogP contribution < -0.4 is 4.90 Å². The van der Waals surface area contributed by atoms with E-state index < -0.39 is 0 Å². The summed E-state index contributed by atoms with van der Waals surface area (Å²) < 4.78 is 4.86. The molecule has 13 aromatic rings. The van der Waals surface area contributed by atoms with E-state index in [1.165, 1.54) is 71.4 Å². The maximum Gasteiger partial charge on any atom is 0.0619 e. The molecule has 0 spiro atoms. The number of rotatable bonds is 9. The topological polar surface area (TPSA) is 13.1 Å². The molecule has 0 N–H and O–H groups in total. The Bertz CT molecular complexity index is 3880. The van der Waals surface area contributed by atoms with Crippen molar-refractivity contribution < 1.29 is 0 Å². The smallest absolute Gasteiger partial charge is 0.0619 e. The lowest BCUT2D eigenvalue weighted by Gasteiger charge is -2.27. The van der Waals surface area contributed by atoms with E-state index in [-0.39, 0.29) is 0 Å². The summed E-state index contributed by atoms with van der Waals surface area (Å²) >= 11 is 0. The van der Waals surface area contributed by atoms with E-state index in [1.807, 2.05) is 0 Å². The number of hydrogen-bond acceptors (Lipinski definition) is 1. The van der Waals surface area contributed by atoms with Crippen molar-refractivity contribution in [2.45, 2.75) is 0 Å². The van der Waals surface area contributed by atoms with Gasteiger partial charge in [0, 0.05) is 55.5 Å². The fraction of sp³-hybridized carbons (Fsp3) is 0. The highest BCUT2D eigenvalue weighted by atomic mass is 15.1. The Morgan fingerprint density at radius 2 is 0.667 bits per heavy atom. The molecule has 0 aliphatic rings. The molecule has 0 saturated carbocycles. The normalized spacial score (nSPS) is 11.5. The van der Waals surface area contributed by atoms with Crippen molar-refractivity contribution in [3.05, 3.63) is 273 Å². The van der Waals surface area contributed by atoms with Crippen molar-refractivity contribution >= 4 is 60.7 Å². The van der Waals surface area contributed by atoms with Crippen molar-refractivity contribution in [3.63, 3.8) is 0 Å². The largest absolute Gasteiger partial charge is 0.310 e. The number of para-hydroxylation sites is 5. The van der Waals surface area contributed by atoms with Crippen molar-refractivity contribution in [1.29, 1.82) is 0 Å². The van der Waals surface area contributed by atoms with E-state index in [9.17, 15) is 0 Å². The van der Waals surface area contributed by atoms with Crippen molar-refractivity contribution in [3.8, 4) is 55.9 Å². The number of hydrogen-bond donors (Lipinski definition) is 0. The Labute approximate surface area is 401 Å². The quantitative estimate of drug-likeness (QED) is 0.141. The molecular formula is C66H45N3. The molecular weight excluding hydrogens is 835 g/mol. The number of aromatic nitrogens is 2. The molecule has 13 rings (SSSR count). The van der Waals surface area contributed by atoms with Crippen molar-refractivity contribution in [2.75, 3.05) is 4.90 Å². The first kappa shape index (κ1) is 40.1. The molecule has 0 radical (unpaired) electrons. The van der Waals surface area contributed by atoms with Crippen LogP contribution in [0.15, 0.2) is 273 Å². The van der Waals surface area contributed by atoms with Crippen LogP contribution in [0.3, 0.4) is 0 Å². The van der Waals surface area contributed by atoms with Gasteiger partial charge in [-0.2, -0.15) is 0 Å². The summed E-state index contributed by atoms with van der Waals surface area (Å²) in [6.45, 7) is 0. The second-order valence-corrected chi connectivity index (χ2v) is 17.7. The molecule has 0 fully saturated rings. The molecule has 0 aliphatic heterocycles. The van der Waals surface area contributed by atoms with Crippen LogP contribution in [0.5, 0.6) is 0 Å². The first-order valence-electron chi connectivity index (χ1n) is 23.7. The third kappa shape index (κ3) is 6.99. The minimum Gasteiger partial charge on any atom is -0.310 e. The summed E-state index contributed by atoms with van der Waals surface area (Å²) in [7, 11) is 0. The minimum atomic E-state index is 1.06. The maximum atomic E-state index is 2.45. The SMILES string of the molecule is c1ccc(-c2ccc(N(c3ccc(-c4ccccc4)cc3)c3cc(-c4cccc5c4c4ccccc4n5-c4ccccc4)cc(-c4cccc5c6ccccc6n(-c6ccccc6)c45)c3)cc2)cc1. The Kier molecular flexibility index (Phi) is 9.84. The molecule has 11 aromatic carbocycles. The van der Waals surface area contributed by atoms with Gasteiger partial charge >= 0.3 is 0 Å². The zero-order valence-electron chi connectivity index (χ0n) is 37.8. The summed E-state index contributed by atoms with van der Waals surface area (Å²) in [6.07, 6.45) is 0. The van der Waals surface area contributed by atoms with Gasteiger partial charge < -0.3 is 14.0 Å². The van der Waals surface area contributed by atoms with Crippen LogP contribution >= 0.6 is 0 Å². The van der Waals surface area contributed by atoms with Gasteiger partial charge in [-0.25, -0.2) is 0 Å². The van der Waals surface area contributed by atoms with Crippen LogP contribution in [-0.2, 0) is 0 Å². The molecule has 324 valence electrons. The van der Waals surface area contributed by atoms with Crippen LogP contribution in [0, 0.1) is 0 Å². The second kappa shape index (κ2) is 16.9. The average molecular weight is 880 g/mol. The van der Waals surface area contributed by atoms with Gasteiger partial charge in [0.05, 0.1) is 22.1 Å². The van der Waals surface area contributed by atoms with Gasteiger partial charge in [0.2, 0.25) is 0 Å². The maximum absolute atomic E-state index is 2.45. The summed E-state index contributed by atoms with van der Waals surface area (Å²) in [5.41, 5.74) is 19.5. The Morgan fingerprint density at radius 3 is 1.26 bits per heavy atom. The van der Waals surface area contributed by atoms with Crippen molar-refractivity contribution in [1.82, 2.24) is 9.13 Å². The van der Waals surface area contributed by atoms with E-state index in [0.29, 0.717) is 0 Å². The fourth-order valence-electron chi connectivity index (χ4n) is 10.6.